The van der Waals surface area contributed by atoms with Crippen LogP contribution in [0.1, 0.15) is 5.56 Å². The van der Waals surface area contributed by atoms with Crippen LogP contribution in [0.5, 0.6) is 0 Å². The Morgan fingerprint density at radius 1 is 1.14 bits per heavy atom. The highest BCUT2D eigenvalue weighted by atomic mass is 79.9. The van der Waals surface area contributed by atoms with Gasteiger partial charge in [0.25, 0.3) is 0 Å². The van der Waals surface area contributed by atoms with Gasteiger partial charge < -0.3 is 0 Å². The lowest BCUT2D eigenvalue weighted by molar-refractivity contribution is 1.27. The minimum Gasteiger partial charge on any atom is -0.103 e. The van der Waals surface area contributed by atoms with Gasteiger partial charge in [-0.3, -0.25) is 0 Å². The van der Waals surface area contributed by atoms with Crippen molar-refractivity contribution in [2.24, 2.45) is 0 Å². The number of halogens is 1. The third-order valence-electron chi connectivity index (χ3n) is 2.31. The molecule has 0 spiro atoms. The predicted octanol–water partition coefficient (Wildman–Crippen LogP) is 4.33. The van der Waals surface area contributed by atoms with Crippen molar-refractivity contribution in [1.29, 1.82) is 0 Å². The Labute approximate surface area is 92.4 Å². The Kier molecular flexibility index (Phi) is 2.69. The first-order valence-electron chi connectivity index (χ1n) is 4.60. The van der Waals surface area contributed by atoms with E-state index in [4.69, 9.17) is 0 Å². The van der Waals surface area contributed by atoms with Crippen LogP contribution in [0.25, 0.3) is 10.8 Å². The molecule has 14 heavy (non-hydrogen) atoms. The Morgan fingerprint density at radius 3 is 2.71 bits per heavy atom. The monoisotopic (exact) mass is 246 g/mol. The third-order valence-corrected chi connectivity index (χ3v) is 3.24. The summed E-state index contributed by atoms with van der Waals surface area (Å²) in [5.74, 6) is 0. The Morgan fingerprint density at radius 2 is 1.93 bits per heavy atom. The first-order chi connectivity index (χ1) is 6.83. The van der Waals surface area contributed by atoms with Gasteiger partial charge in [-0.2, -0.15) is 0 Å². The molecule has 0 unspecified atom stereocenters. The van der Waals surface area contributed by atoms with Crippen molar-refractivity contribution in [1.82, 2.24) is 0 Å². The van der Waals surface area contributed by atoms with Crippen molar-refractivity contribution in [2.75, 3.05) is 0 Å². The molecule has 1 heteroatoms. The molecule has 0 fully saturated rings. The van der Waals surface area contributed by atoms with Crippen LogP contribution in [0.3, 0.4) is 0 Å². The molecule has 0 aromatic heterocycles. The van der Waals surface area contributed by atoms with Crippen molar-refractivity contribution in [2.45, 2.75) is 6.42 Å². The predicted molar refractivity (Wildman–Crippen MR) is 65.5 cm³/mol. The zero-order valence-electron chi connectivity index (χ0n) is 7.83. The summed E-state index contributed by atoms with van der Waals surface area (Å²) >= 11 is 3.64. The Bertz CT molecular complexity index is 472. The van der Waals surface area contributed by atoms with Crippen LogP contribution in [-0.4, -0.2) is 0 Å². The second kappa shape index (κ2) is 3.97. The fourth-order valence-electron chi connectivity index (χ4n) is 1.59. The molecule has 0 aliphatic heterocycles. The smallest absolute Gasteiger partial charge is 0.0288 e. The van der Waals surface area contributed by atoms with Gasteiger partial charge in [0.05, 0.1) is 0 Å². The zero-order chi connectivity index (χ0) is 9.97. The van der Waals surface area contributed by atoms with E-state index < -0.39 is 0 Å². The van der Waals surface area contributed by atoms with Gasteiger partial charge in [0.15, 0.2) is 0 Å². The standard InChI is InChI=1S/C13H11Br/c1-2-5-11-9-8-10-6-3-4-7-12(10)13(11)14/h2-4,6-9H,1,5H2. The first-order valence-corrected chi connectivity index (χ1v) is 5.39. The van der Waals surface area contributed by atoms with Crippen molar-refractivity contribution < 1.29 is 0 Å². The molecule has 0 saturated carbocycles. The molecule has 0 nitrogen and oxygen atoms in total. The summed E-state index contributed by atoms with van der Waals surface area (Å²) in [7, 11) is 0. The molecule has 0 radical (unpaired) electrons. The van der Waals surface area contributed by atoms with Crippen LogP contribution in [0.4, 0.5) is 0 Å². The molecular formula is C13H11Br. The van der Waals surface area contributed by atoms with E-state index in [0.717, 1.165) is 6.42 Å². The lowest BCUT2D eigenvalue weighted by atomic mass is 10.1. The van der Waals surface area contributed by atoms with E-state index in [1.165, 1.54) is 20.8 Å². The van der Waals surface area contributed by atoms with E-state index in [1.54, 1.807) is 0 Å². The normalized spacial score (nSPS) is 10.4. The molecule has 0 atom stereocenters. The molecule has 0 saturated heterocycles. The van der Waals surface area contributed by atoms with E-state index in [0.29, 0.717) is 0 Å². The van der Waals surface area contributed by atoms with E-state index in [1.807, 2.05) is 6.08 Å². The lowest BCUT2D eigenvalue weighted by Crippen LogP contribution is -1.84. The summed E-state index contributed by atoms with van der Waals surface area (Å²) in [5.41, 5.74) is 1.29. The molecule has 2 aromatic carbocycles. The van der Waals surface area contributed by atoms with Gasteiger partial charge in [-0.15, -0.1) is 6.58 Å². The number of rotatable bonds is 2. The average Bonchev–Trinajstić information content (AvgIpc) is 2.23. The van der Waals surface area contributed by atoms with Gasteiger partial charge in [0.2, 0.25) is 0 Å². The van der Waals surface area contributed by atoms with Gasteiger partial charge >= 0.3 is 0 Å². The van der Waals surface area contributed by atoms with Crippen molar-refractivity contribution >= 4 is 26.7 Å². The van der Waals surface area contributed by atoms with E-state index >= 15 is 0 Å². The Hall–Kier alpha value is -1.08. The summed E-state index contributed by atoms with van der Waals surface area (Å²) in [6.07, 6.45) is 2.83. The number of allylic oxidation sites excluding steroid dienone is 1. The second-order valence-electron chi connectivity index (χ2n) is 3.25. The molecule has 0 amide bonds. The zero-order valence-corrected chi connectivity index (χ0v) is 9.42. The van der Waals surface area contributed by atoms with Crippen LogP contribution in [0, 0.1) is 0 Å². The topological polar surface area (TPSA) is 0 Å². The molecule has 0 heterocycles. The molecule has 2 rings (SSSR count). The molecule has 2 aromatic rings. The minimum atomic E-state index is 0.908. The number of fused-ring (bicyclic) bond motifs is 1. The maximum absolute atomic E-state index is 3.76. The summed E-state index contributed by atoms with van der Waals surface area (Å²) in [6.45, 7) is 3.76. The van der Waals surface area contributed by atoms with Gasteiger partial charge in [-0.25, -0.2) is 0 Å². The van der Waals surface area contributed by atoms with Crippen LogP contribution < -0.4 is 0 Å². The SMILES string of the molecule is C=CCc1ccc2ccccc2c1Br. The number of hydrogen-bond donors (Lipinski definition) is 0. The van der Waals surface area contributed by atoms with Crippen LogP contribution >= 0.6 is 15.9 Å². The van der Waals surface area contributed by atoms with Crippen molar-refractivity contribution in [3.8, 4) is 0 Å². The molecule has 0 aliphatic carbocycles. The van der Waals surface area contributed by atoms with Crippen LogP contribution in [-0.2, 0) is 6.42 Å². The molecular weight excluding hydrogens is 236 g/mol. The second-order valence-corrected chi connectivity index (χ2v) is 4.05. The average molecular weight is 247 g/mol. The van der Waals surface area contributed by atoms with E-state index in [-0.39, 0.29) is 0 Å². The summed E-state index contributed by atoms with van der Waals surface area (Å²) < 4.78 is 1.19. The van der Waals surface area contributed by atoms with Gasteiger partial charge in [0.1, 0.15) is 0 Å². The maximum Gasteiger partial charge on any atom is 0.0288 e. The molecule has 0 N–H and O–H groups in total. The number of hydrogen-bond acceptors (Lipinski definition) is 0. The summed E-state index contributed by atoms with van der Waals surface area (Å²) in [4.78, 5) is 0. The maximum atomic E-state index is 3.76. The summed E-state index contributed by atoms with van der Waals surface area (Å²) in [6, 6.07) is 12.7. The fourth-order valence-corrected chi connectivity index (χ4v) is 2.25. The molecule has 0 bridgehead atoms. The lowest BCUT2D eigenvalue weighted by Gasteiger charge is -2.05. The highest BCUT2D eigenvalue weighted by Gasteiger charge is 2.02. The minimum absolute atomic E-state index is 0.908. The quantitative estimate of drug-likeness (QED) is 0.693. The fraction of sp³-hybridized carbons (Fsp3) is 0.0769. The highest BCUT2D eigenvalue weighted by molar-refractivity contribution is 9.10. The van der Waals surface area contributed by atoms with Crippen LogP contribution in [0.2, 0.25) is 0 Å². The van der Waals surface area contributed by atoms with Gasteiger partial charge in [0, 0.05) is 4.47 Å². The summed E-state index contributed by atoms with van der Waals surface area (Å²) in [5, 5.41) is 2.54. The number of benzene rings is 2. The van der Waals surface area contributed by atoms with Gasteiger partial charge in [-0.05, 0) is 38.7 Å². The van der Waals surface area contributed by atoms with Crippen LogP contribution in [0.15, 0.2) is 53.5 Å². The van der Waals surface area contributed by atoms with E-state index in [9.17, 15) is 0 Å². The van der Waals surface area contributed by atoms with Gasteiger partial charge in [-0.1, -0.05) is 42.5 Å². The largest absolute Gasteiger partial charge is 0.103 e. The Balaban J connectivity index is 2.68. The van der Waals surface area contributed by atoms with Crippen molar-refractivity contribution in [3.63, 3.8) is 0 Å². The van der Waals surface area contributed by atoms with Crippen molar-refractivity contribution in [3.05, 3.63) is 59.1 Å². The molecule has 0 aliphatic rings. The third kappa shape index (κ3) is 1.60. The highest BCUT2D eigenvalue weighted by Crippen LogP contribution is 2.27. The first kappa shape index (κ1) is 9.47. The molecule has 70 valence electrons. The van der Waals surface area contributed by atoms with E-state index in [2.05, 4.69) is 58.9 Å².